The molecule has 2 nitrogen and oxygen atoms in total. The van der Waals surface area contributed by atoms with Gasteiger partial charge in [-0.3, -0.25) is 0 Å². The Bertz CT molecular complexity index is 280. The number of hydrogen-bond acceptors (Lipinski definition) is 2. The maximum absolute atomic E-state index is 10.0. The second-order valence-electron chi connectivity index (χ2n) is 4.31. The zero-order valence-corrected chi connectivity index (χ0v) is 9.02. The van der Waals surface area contributed by atoms with E-state index in [-0.39, 0.29) is 6.10 Å². The highest BCUT2D eigenvalue weighted by Gasteiger charge is 2.17. The average Bonchev–Trinajstić information content (AvgIpc) is 2.31. The smallest absolute Gasteiger partial charge is 0.0804 e. The summed E-state index contributed by atoms with van der Waals surface area (Å²) in [5.41, 5.74) is 1.03. The summed E-state index contributed by atoms with van der Waals surface area (Å²) in [5, 5.41) is 13.5. The average molecular weight is 205 g/mol. The topological polar surface area (TPSA) is 32.3 Å². The molecule has 2 N–H and O–H groups in total. The minimum absolute atomic E-state index is 0.318. The minimum Gasteiger partial charge on any atom is -0.388 e. The van der Waals surface area contributed by atoms with Gasteiger partial charge < -0.3 is 10.4 Å². The molecule has 2 atom stereocenters. The van der Waals surface area contributed by atoms with Crippen molar-refractivity contribution in [1.29, 1.82) is 0 Å². The molecule has 0 bridgehead atoms. The van der Waals surface area contributed by atoms with Crippen LogP contribution in [-0.4, -0.2) is 17.7 Å². The molecule has 2 rings (SSSR count). The summed E-state index contributed by atoms with van der Waals surface area (Å²) in [7, 11) is 0. The van der Waals surface area contributed by atoms with Gasteiger partial charge in [-0.15, -0.1) is 0 Å². The molecule has 1 saturated heterocycles. The SMILES string of the molecule is O[C@H](C[C@@H]1CCCCN1)c1ccccc1. The van der Waals surface area contributed by atoms with Crippen LogP contribution in [0, 0.1) is 0 Å². The summed E-state index contributed by atoms with van der Waals surface area (Å²) in [6, 6.07) is 10.4. The first-order chi connectivity index (χ1) is 7.36. The van der Waals surface area contributed by atoms with Crippen LogP contribution in [0.2, 0.25) is 0 Å². The summed E-state index contributed by atoms with van der Waals surface area (Å²) >= 11 is 0. The molecule has 1 heterocycles. The van der Waals surface area contributed by atoms with Crippen LogP contribution >= 0.6 is 0 Å². The standard InChI is InChI=1S/C13H19NO/c15-13(11-6-2-1-3-7-11)10-12-8-4-5-9-14-12/h1-3,6-7,12-15H,4-5,8-10H2/t12-,13+/m0/s1. The molecule has 0 unspecified atom stereocenters. The molecule has 0 aromatic heterocycles. The monoisotopic (exact) mass is 205 g/mol. The molecule has 1 aromatic rings. The molecule has 82 valence electrons. The molecule has 0 saturated carbocycles. The van der Waals surface area contributed by atoms with Crippen molar-refractivity contribution in [3.63, 3.8) is 0 Å². The summed E-state index contributed by atoms with van der Waals surface area (Å²) in [4.78, 5) is 0. The first-order valence-electron chi connectivity index (χ1n) is 5.82. The number of aliphatic hydroxyl groups is 1. The van der Waals surface area contributed by atoms with Crippen LogP contribution in [0.15, 0.2) is 30.3 Å². The van der Waals surface area contributed by atoms with E-state index in [0.717, 1.165) is 18.5 Å². The quantitative estimate of drug-likeness (QED) is 0.793. The van der Waals surface area contributed by atoms with Gasteiger partial charge in [0.2, 0.25) is 0 Å². The molecule has 1 aliphatic rings. The van der Waals surface area contributed by atoms with Gasteiger partial charge in [0.15, 0.2) is 0 Å². The van der Waals surface area contributed by atoms with Gasteiger partial charge in [-0.2, -0.15) is 0 Å². The van der Waals surface area contributed by atoms with Gasteiger partial charge in [-0.1, -0.05) is 36.8 Å². The third kappa shape index (κ3) is 3.05. The Morgan fingerprint density at radius 2 is 2.07 bits per heavy atom. The van der Waals surface area contributed by atoms with Crippen molar-refractivity contribution in [1.82, 2.24) is 5.32 Å². The molecular weight excluding hydrogens is 186 g/mol. The maximum Gasteiger partial charge on any atom is 0.0804 e. The lowest BCUT2D eigenvalue weighted by Crippen LogP contribution is -2.35. The van der Waals surface area contributed by atoms with Crippen LogP contribution in [-0.2, 0) is 0 Å². The van der Waals surface area contributed by atoms with E-state index in [2.05, 4.69) is 5.32 Å². The van der Waals surface area contributed by atoms with Gasteiger partial charge in [0.05, 0.1) is 6.10 Å². The lowest BCUT2D eigenvalue weighted by atomic mass is 9.96. The van der Waals surface area contributed by atoms with Crippen LogP contribution in [0.25, 0.3) is 0 Å². The fourth-order valence-electron chi connectivity index (χ4n) is 2.21. The Hall–Kier alpha value is -0.860. The summed E-state index contributed by atoms with van der Waals surface area (Å²) in [6.45, 7) is 1.10. The number of rotatable bonds is 3. The minimum atomic E-state index is -0.318. The Morgan fingerprint density at radius 3 is 2.73 bits per heavy atom. The molecular formula is C13H19NO. The number of aliphatic hydroxyl groups excluding tert-OH is 1. The van der Waals surface area contributed by atoms with Gasteiger partial charge >= 0.3 is 0 Å². The van der Waals surface area contributed by atoms with E-state index in [4.69, 9.17) is 0 Å². The van der Waals surface area contributed by atoms with Gasteiger partial charge in [0.25, 0.3) is 0 Å². The second kappa shape index (κ2) is 5.29. The molecule has 15 heavy (non-hydrogen) atoms. The van der Waals surface area contributed by atoms with E-state index in [1.165, 1.54) is 19.3 Å². The Balaban J connectivity index is 1.88. The molecule has 1 fully saturated rings. The van der Waals surface area contributed by atoms with Crippen molar-refractivity contribution in [3.05, 3.63) is 35.9 Å². The number of nitrogens with one attached hydrogen (secondary N) is 1. The largest absolute Gasteiger partial charge is 0.388 e. The predicted molar refractivity (Wildman–Crippen MR) is 61.7 cm³/mol. The molecule has 0 amide bonds. The van der Waals surface area contributed by atoms with Crippen molar-refractivity contribution in [2.75, 3.05) is 6.54 Å². The van der Waals surface area contributed by atoms with Crippen molar-refractivity contribution < 1.29 is 5.11 Å². The van der Waals surface area contributed by atoms with Gasteiger partial charge in [0.1, 0.15) is 0 Å². The van der Waals surface area contributed by atoms with Crippen molar-refractivity contribution in [3.8, 4) is 0 Å². The summed E-state index contributed by atoms with van der Waals surface area (Å²) < 4.78 is 0. The number of benzene rings is 1. The third-order valence-corrected chi connectivity index (χ3v) is 3.10. The van der Waals surface area contributed by atoms with E-state index in [9.17, 15) is 5.11 Å². The fourth-order valence-corrected chi connectivity index (χ4v) is 2.21. The predicted octanol–water partition coefficient (Wildman–Crippen LogP) is 2.25. The van der Waals surface area contributed by atoms with Crippen molar-refractivity contribution in [2.45, 2.75) is 37.8 Å². The highest BCUT2D eigenvalue weighted by Crippen LogP contribution is 2.21. The van der Waals surface area contributed by atoms with Crippen molar-refractivity contribution in [2.24, 2.45) is 0 Å². The van der Waals surface area contributed by atoms with Crippen LogP contribution < -0.4 is 5.32 Å². The van der Waals surface area contributed by atoms with Gasteiger partial charge in [-0.05, 0) is 31.4 Å². The van der Waals surface area contributed by atoms with Crippen LogP contribution in [0.3, 0.4) is 0 Å². The molecule has 2 heteroatoms. The lowest BCUT2D eigenvalue weighted by Gasteiger charge is -2.25. The van der Waals surface area contributed by atoms with E-state index in [0.29, 0.717) is 6.04 Å². The third-order valence-electron chi connectivity index (χ3n) is 3.10. The van der Waals surface area contributed by atoms with Crippen LogP contribution in [0.4, 0.5) is 0 Å². The Morgan fingerprint density at radius 1 is 1.27 bits per heavy atom. The molecule has 1 aliphatic heterocycles. The van der Waals surface area contributed by atoms with E-state index < -0.39 is 0 Å². The maximum atomic E-state index is 10.0. The van der Waals surface area contributed by atoms with E-state index in [1.54, 1.807) is 0 Å². The number of hydrogen-bond donors (Lipinski definition) is 2. The normalized spacial score (nSPS) is 23.7. The van der Waals surface area contributed by atoms with Gasteiger partial charge in [0, 0.05) is 6.04 Å². The molecule has 1 aromatic carbocycles. The molecule has 0 radical (unpaired) electrons. The van der Waals surface area contributed by atoms with Crippen LogP contribution in [0.1, 0.15) is 37.4 Å². The van der Waals surface area contributed by atoms with E-state index >= 15 is 0 Å². The van der Waals surface area contributed by atoms with Gasteiger partial charge in [-0.25, -0.2) is 0 Å². The zero-order chi connectivity index (χ0) is 10.5. The lowest BCUT2D eigenvalue weighted by molar-refractivity contribution is 0.144. The highest BCUT2D eigenvalue weighted by atomic mass is 16.3. The molecule has 0 aliphatic carbocycles. The highest BCUT2D eigenvalue weighted by molar-refractivity contribution is 5.17. The Kier molecular flexibility index (Phi) is 3.75. The Labute approximate surface area is 91.3 Å². The summed E-state index contributed by atoms with van der Waals surface area (Å²) in [6.07, 6.45) is 4.28. The second-order valence-corrected chi connectivity index (χ2v) is 4.31. The summed E-state index contributed by atoms with van der Waals surface area (Å²) in [5.74, 6) is 0. The first kappa shape index (κ1) is 10.7. The fraction of sp³-hybridized carbons (Fsp3) is 0.538. The van der Waals surface area contributed by atoms with E-state index in [1.807, 2.05) is 30.3 Å². The van der Waals surface area contributed by atoms with Crippen molar-refractivity contribution >= 4 is 0 Å². The van der Waals surface area contributed by atoms with Crippen LogP contribution in [0.5, 0.6) is 0 Å². The molecule has 0 spiro atoms. The first-order valence-corrected chi connectivity index (χ1v) is 5.82. The zero-order valence-electron chi connectivity index (χ0n) is 9.02. The number of piperidine rings is 1.